The van der Waals surface area contributed by atoms with Crippen LogP contribution in [0.1, 0.15) is 0 Å². The number of rotatable bonds is 3. The largest absolute Gasteiger partial charge is 0.394 e. The summed E-state index contributed by atoms with van der Waals surface area (Å²) in [7, 11) is 0. The highest BCUT2D eigenvalue weighted by atomic mass is 32.2. The van der Waals surface area contributed by atoms with Gasteiger partial charge in [0.2, 0.25) is 11.8 Å². The number of hydrogen-bond donors (Lipinski definition) is 3. The van der Waals surface area contributed by atoms with E-state index in [9.17, 15) is 9.59 Å². The van der Waals surface area contributed by atoms with Crippen LogP contribution in [0.2, 0.25) is 0 Å². The van der Waals surface area contributed by atoms with E-state index in [0.717, 1.165) is 30.3 Å². The molecule has 0 aliphatic carbocycles. The first-order valence-corrected chi connectivity index (χ1v) is 9.62. The molecule has 0 aromatic rings. The molecule has 3 heterocycles. The van der Waals surface area contributed by atoms with Gasteiger partial charge in [-0.05, 0) is 0 Å². The predicted octanol–water partition coefficient (Wildman–Crippen LogP) is -1.88. The van der Waals surface area contributed by atoms with Crippen molar-refractivity contribution in [1.82, 2.24) is 15.1 Å². The molecule has 0 bridgehead atoms. The van der Waals surface area contributed by atoms with E-state index in [4.69, 9.17) is 10.8 Å². The van der Waals surface area contributed by atoms with Gasteiger partial charge >= 0.3 is 0 Å². The van der Waals surface area contributed by atoms with Crippen molar-refractivity contribution in [2.45, 2.75) is 17.0 Å². The molecule has 0 radical (unpaired) electrons. The third-order valence-electron chi connectivity index (χ3n) is 4.30. The standard InChI is InChI=1S/C13H22N4O3S2/c14-9(5-18)11(19)17-7-13(8-17)15-10(6-22-13)12(20)16-1-3-21-4-2-16/h9-10,15,18H,1-8,14H2/t9-,10-/m0/s1. The Morgan fingerprint density at radius 3 is 2.64 bits per heavy atom. The van der Waals surface area contributed by atoms with Crippen LogP contribution in [0.4, 0.5) is 0 Å². The number of carbonyl (C=O) groups excluding carboxylic acids is 2. The summed E-state index contributed by atoms with van der Waals surface area (Å²) in [5, 5.41) is 12.4. The zero-order valence-corrected chi connectivity index (χ0v) is 14.0. The van der Waals surface area contributed by atoms with E-state index in [1.54, 1.807) is 16.7 Å². The lowest BCUT2D eigenvalue weighted by molar-refractivity contribution is -0.139. The smallest absolute Gasteiger partial charge is 0.242 e. The number of carbonyl (C=O) groups is 2. The number of likely N-dealkylation sites (tertiary alicyclic amines) is 1. The van der Waals surface area contributed by atoms with Gasteiger partial charge < -0.3 is 20.6 Å². The van der Waals surface area contributed by atoms with Crippen molar-refractivity contribution in [2.24, 2.45) is 5.73 Å². The minimum absolute atomic E-state index is 0.156. The second-order valence-corrected chi connectivity index (χ2v) is 8.55. The molecule has 22 heavy (non-hydrogen) atoms. The second kappa shape index (κ2) is 6.56. The Bertz CT molecular complexity index is 453. The van der Waals surface area contributed by atoms with Crippen molar-refractivity contribution in [1.29, 1.82) is 0 Å². The van der Waals surface area contributed by atoms with Crippen LogP contribution >= 0.6 is 23.5 Å². The Labute approximate surface area is 138 Å². The second-order valence-electron chi connectivity index (χ2n) is 5.92. The van der Waals surface area contributed by atoms with Crippen LogP contribution in [-0.2, 0) is 9.59 Å². The summed E-state index contributed by atoms with van der Waals surface area (Å²) < 4.78 is 0. The molecule has 0 aromatic carbocycles. The van der Waals surface area contributed by atoms with Gasteiger partial charge in [0.05, 0.1) is 25.7 Å². The van der Waals surface area contributed by atoms with Crippen molar-refractivity contribution in [3.05, 3.63) is 0 Å². The molecule has 3 saturated heterocycles. The van der Waals surface area contributed by atoms with Gasteiger partial charge in [0, 0.05) is 30.3 Å². The van der Waals surface area contributed by atoms with Crippen LogP contribution in [0.3, 0.4) is 0 Å². The third kappa shape index (κ3) is 3.09. The maximum atomic E-state index is 12.5. The zero-order chi connectivity index (χ0) is 15.7. The highest BCUT2D eigenvalue weighted by Crippen LogP contribution is 2.39. The van der Waals surface area contributed by atoms with E-state index in [1.165, 1.54) is 0 Å². The fourth-order valence-corrected chi connectivity index (χ4v) is 5.34. The van der Waals surface area contributed by atoms with Crippen LogP contribution in [0, 0.1) is 0 Å². The van der Waals surface area contributed by atoms with Crippen molar-refractivity contribution < 1.29 is 14.7 Å². The topological polar surface area (TPSA) is 98.9 Å². The molecule has 0 aromatic heterocycles. The van der Waals surface area contributed by atoms with E-state index < -0.39 is 6.04 Å². The molecule has 3 fully saturated rings. The van der Waals surface area contributed by atoms with Crippen LogP contribution in [0.25, 0.3) is 0 Å². The molecule has 0 saturated carbocycles. The van der Waals surface area contributed by atoms with E-state index >= 15 is 0 Å². The number of nitrogens with one attached hydrogen (secondary N) is 1. The Morgan fingerprint density at radius 2 is 2.00 bits per heavy atom. The fraction of sp³-hybridized carbons (Fsp3) is 0.846. The van der Waals surface area contributed by atoms with E-state index in [0.29, 0.717) is 13.1 Å². The molecular weight excluding hydrogens is 324 g/mol. The van der Waals surface area contributed by atoms with Gasteiger partial charge in [0.1, 0.15) is 10.9 Å². The number of nitrogens with two attached hydrogens (primary N) is 1. The van der Waals surface area contributed by atoms with Gasteiger partial charge in [-0.15, -0.1) is 11.8 Å². The average molecular weight is 346 g/mol. The fourth-order valence-electron chi connectivity index (χ4n) is 3.00. The summed E-state index contributed by atoms with van der Waals surface area (Å²) in [5.41, 5.74) is 5.56. The first-order valence-electron chi connectivity index (χ1n) is 7.48. The Kier molecular flexibility index (Phi) is 4.89. The number of nitrogens with zero attached hydrogens (tertiary/aromatic N) is 2. The van der Waals surface area contributed by atoms with Gasteiger partial charge in [-0.2, -0.15) is 11.8 Å². The average Bonchev–Trinajstić information content (AvgIpc) is 2.97. The Morgan fingerprint density at radius 1 is 1.32 bits per heavy atom. The van der Waals surface area contributed by atoms with Gasteiger partial charge in [-0.3, -0.25) is 14.9 Å². The molecule has 7 nitrogen and oxygen atoms in total. The number of amides is 2. The number of aliphatic hydroxyl groups excluding tert-OH is 1. The normalized spacial score (nSPS) is 28.5. The van der Waals surface area contributed by atoms with E-state index in [-0.39, 0.29) is 29.3 Å². The molecule has 3 aliphatic heterocycles. The van der Waals surface area contributed by atoms with Crippen molar-refractivity contribution in [3.8, 4) is 0 Å². The lowest BCUT2D eigenvalue weighted by Gasteiger charge is -2.48. The van der Waals surface area contributed by atoms with Crippen LogP contribution in [0.5, 0.6) is 0 Å². The van der Waals surface area contributed by atoms with E-state index in [1.807, 2.05) is 16.7 Å². The molecule has 3 rings (SSSR count). The minimum atomic E-state index is -0.841. The summed E-state index contributed by atoms with van der Waals surface area (Å²) in [4.78, 5) is 27.8. The molecule has 124 valence electrons. The van der Waals surface area contributed by atoms with Crippen molar-refractivity contribution >= 4 is 35.3 Å². The van der Waals surface area contributed by atoms with Gasteiger partial charge in [-0.25, -0.2) is 0 Å². The molecule has 9 heteroatoms. The molecule has 2 atom stereocenters. The first-order chi connectivity index (χ1) is 10.5. The lowest BCUT2D eigenvalue weighted by atomic mass is 10.1. The summed E-state index contributed by atoms with van der Waals surface area (Å²) in [6.07, 6.45) is 0. The summed E-state index contributed by atoms with van der Waals surface area (Å²) in [6.45, 7) is 2.41. The quantitative estimate of drug-likeness (QED) is 0.550. The SMILES string of the molecule is N[C@@H](CO)C(=O)N1CC2(C1)N[C@H](C(=O)N1CCSCC1)CS2. The third-order valence-corrected chi connectivity index (χ3v) is 6.67. The number of thioether (sulfide) groups is 2. The summed E-state index contributed by atoms with van der Waals surface area (Å²) >= 11 is 3.60. The maximum Gasteiger partial charge on any atom is 0.242 e. The maximum absolute atomic E-state index is 12.5. The van der Waals surface area contributed by atoms with Crippen LogP contribution in [-0.4, -0.2) is 93.7 Å². The Hall–Kier alpha value is -0.480. The highest BCUT2D eigenvalue weighted by Gasteiger charge is 2.52. The molecule has 3 aliphatic rings. The van der Waals surface area contributed by atoms with Crippen LogP contribution in [0.15, 0.2) is 0 Å². The number of aliphatic hydroxyl groups is 1. The van der Waals surface area contributed by atoms with Crippen molar-refractivity contribution in [2.75, 3.05) is 50.0 Å². The zero-order valence-electron chi connectivity index (χ0n) is 12.4. The van der Waals surface area contributed by atoms with Gasteiger partial charge in [-0.1, -0.05) is 0 Å². The van der Waals surface area contributed by atoms with Gasteiger partial charge in [0.15, 0.2) is 0 Å². The molecule has 1 spiro atoms. The molecule has 0 unspecified atom stereocenters. The highest BCUT2D eigenvalue weighted by molar-refractivity contribution is 8.01. The minimum Gasteiger partial charge on any atom is -0.394 e. The Balaban J connectivity index is 1.51. The van der Waals surface area contributed by atoms with E-state index in [2.05, 4.69) is 5.32 Å². The molecule has 2 amide bonds. The molecule has 4 N–H and O–H groups in total. The van der Waals surface area contributed by atoms with Crippen LogP contribution < -0.4 is 11.1 Å². The first kappa shape index (κ1) is 16.4. The molecular formula is C13H22N4O3S2. The number of hydrogen-bond acceptors (Lipinski definition) is 7. The summed E-state index contributed by atoms with van der Waals surface area (Å²) in [5.74, 6) is 2.73. The predicted molar refractivity (Wildman–Crippen MR) is 87.7 cm³/mol. The van der Waals surface area contributed by atoms with Gasteiger partial charge in [0.25, 0.3) is 0 Å². The summed E-state index contributed by atoms with van der Waals surface area (Å²) in [6, 6.07) is -0.996. The lowest BCUT2D eigenvalue weighted by Crippen LogP contribution is -2.70. The van der Waals surface area contributed by atoms with Crippen molar-refractivity contribution in [3.63, 3.8) is 0 Å². The monoisotopic (exact) mass is 346 g/mol.